The summed E-state index contributed by atoms with van der Waals surface area (Å²) in [6, 6.07) is 6.23. The fourth-order valence-electron chi connectivity index (χ4n) is 1.60. The average molecular weight is 275 g/mol. The molecule has 0 atom stereocenters. The Balaban J connectivity index is 2.37. The number of aromatic amines is 1. The van der Waals surface area contributed by atoms with Gasteiger partial charge in [0.15, 0.2) is 0 Å². The van der Waals surface area contributed by atoms with E-state index in [1.165, 1.54) is 12.3 Å². The fourth-order valence-corrected chi connectivity index (χ4v) is 1.60. The number of H-pyrrole nitrogens is 1. The van der Waals surface area contributed by atoms with Crippen LogP contribution >= 0.6 is 0 Å². The summed E-state index contributed by atoms with van der Waals surface area (Å²) in [7, 11) is 0. The smallest absolute Gasteiger partial charge is 0.337 e. The third-order valence-corrected chi connectivity index (χ3v) is 2.54. The van der Waals surface area contributed by atoms with Crippen molar-refractivity contribution in [2.45, 2.75) is 0 Å². The number of non-ortho nitro benzene ring substituents is 1. The van der Waals surface area contributed by atoms with Crippen LogP contribution in [0, 0.1) is 10.1 Å². The molecule has 0 aliphatic rings. The highest BCUT2D eigenvalue weighted by Crippen LogP contribution is 2.23. The second-order valence-electron chi connectivity index (χ2n) is 3.83. The van der Waals surface area contributed by atoms with Crippen molar-refractivity contribution in [3.8, 4) is 0 Å². The number of hydrogen-bond acceptors (Lipinski definition) is 4. The molecule has 1 aromatic carbocycles. The van der Waals surface area contributed by atoms with Crippen LogP contribution < -0.4 is 5.32 Å². The normalized spacial score (nSPS) is 10.0. The zero-order valence-electron chi connectivity index (χ0n) is 9.99. The topological polar surface area (TPSA) is 125 Å². The van der Waals surface area contributed by atoms with Crippen LogP contribution in [-0.4, -0.2) is 26.9 Å². The molecule has 0 radical (unpaired) electrons. The molecule has 0 spiro atoms. The Hall–Kier alpha value is -3.16. The van der Waals surface area contributed by atoms with Crippen LogP contribution in [-0.2, 0) is 0 Å². The molecule has 102 valence electrons. The zero-order chi connectivity index (χ0) is 14.7. The number of amides is 1. The van der Waals surface area contributed by atoms with Crippen molar-refractivity contribution in [3.63, 3.8) is 0 Å². The van der Waals surface area contributed by atoms with Crippen molar-refractivity contribution in [1.29, 1.82) is 0 Å². The predicted molar refractivity (Wildman–Crippen MR) is 68.8 cm³/mol. The maximum absolute atomic E-state index is 11.8. The Labute approximate surface area is 112 Å². The van der Waals surface area contributed by atoms with Crippen molar-refractivity contribution < 1.29 is 19.6 Å². The minimum atomic E-state index is -1.29. The molecular formula is C12H9N3O5. The lowest BCUT2D eigenvalue weighted by atomic mass is 10.1. The van der Waals surface area contributed by atoms with Gasteiger partial charge in [-0.2, -0.15) is 0 Å². The Morgan fingerprint density at radius 3 is 2.60 bits per heavy atom. The van der Waals surface area contributed by atoms with Gasteiger partial charge in [-0.3, -0.25) is 14.9 Å². The number of aromatic carboxylic acids is 1. The van der Waals surface area contributed by atoms with E-state index in [0.717, 1.165) is 18.2 Å². The Morgan fingerprint density at radius 2 is 2.05 bits per heavy atom. The number of benzene rings is 1. The second kappa shape index (κ2) is 5.22. The first-order valence-corrected chi connectivity index (χ1v) is 5.45. The van der Waals surface area contributed by atoms with Crippen LogP contribution in [0.5, 0.6) is 0 Å². The van der Waals surface area contributed by atoms with E-state index in [9.17, 15) is 19.7 Å². The lowest BCUT2D eigenvalue weighted by molar-refractivity contribution is -0.384. The molecule has 1 aromatic heterocycles. The number of nitrogens with one attached hydrogen (secondary N) is 2. The molecule has 3 N–H and O–H groups in total. The SMILES string of the molecule is O=C(Nc1cc([N+](=O)[O-])ccc1C(=O)O)c1ccc[nH]1. The molecule has 1 amide bonds. The highest BCUT2D eigenvalue weighted by Gasteiger charge is 2.18. The molecule has 0 aliphatic heterocycles. The van der Waals surface area contributed by atoms with E-state index in [2.05, 4.69) is 10.3 Å². The lowest BCUT2D eigenvalue weighted by Gasteiger charge is -2.07. The molecule has 0 aliphatic carbocycles. The highest BCUT2D eigenvalue weighted by molar-refractivity contribution is 6.07. The van der Waals surface area contributed by atoms with Gasteiger partial charge in [-0.15, -0.1) is 0 Å². The Bertz CT molecular complexity index is 678. The maximum Gasteiger partial charge on any atom is 0.337 e. The van der Waals surface area contributed by atoms with Crippen molar-refractivity contribution >= 4 is 23.3 Å². The van der Waals surface area contributed by atoms with Crippen molar-refractivity contribution in [2.24, 2.45) is 0 Å². The van der Waals surface area contributed by atoms with Gasteiger partial charge >= 0.3 is 5.97 Å². The minimum Gasteiger partial charge on any atom is -0.478 e. The van der Waals surface area contributed by atoms with Crippen LogP contribution in [0.4, 0.5) is 11.4 Å². The van der Waals surface area contributed by atoms with Crippen LogP contribution in [0.15, 0.2) is 36.5 Å². The third kappa shape index (κ3) is 2.64. The van der Waals surface area contributed by atoms with E-state index in [-0.39, 0.29) is 22.6 Å². The van der Waals surface area contributed by atoms with Crippen LogP contribution in [0.25, 0.3) is 0 Å². The standard InChI is InChI=1S/C12H9N3O5/c16-11(9-2-1-5-13-9)14-10-6-7(15(19)20)3-4-8(10)12(17)18/h1-6,13H,(H,14,16)(H,17,18). The average Bonchev–Trinajstić information content (AvgIpc) is 2.92. The number of hydrogen-bond donors (Lipinski definition) is 3. The van der Waals surface area contributed by atoms with Gasteiger partial charge in [0.25, 0.3) is 11.6 Å². The molecular weight excluding hydrogens is 266 g/mol. The number of anilines is 1. The predicted octanol–water partition coefficient (Wildman–Crippen LogP) is 1.87. The van der Waals surface area contributed by atoms with Crippen molar-refractivity contribution in [2.75, 3.05) is 5.32 Å². The molecule has 0 fully saturated rings. The number of rotatable bonds is 4. The number of carbonyl (C=O) groups excluding carboxylic acids is 1. The van der Waals surface area contributed by atoms with Gasteiger partial charge in [0, 0.05) is 18.3 Å². The van der Waals surface area contributed by atoms with Gasteiger partial charge < -0.3 is 15.4 Å². The van der Waals surface area contributed by atoms with Gasteiger partial charge in [-0.1, -0.05) is 0 Å². The lowest BCUT2D eigenvalue weighted by Crippen LogP contribution is -2.15. The van der Waals surface area contributed by atoms with Gasteiger partial charge in [0.05, 0.1) is 16.2 Å². The summed E-state index contributed by atoms with van der Waals surface area (Å²) < 4.78 is 0. The van der Waals surface area contributed by atoms with E-state index < -0.39 is 16.8 Å². The van der Waals surface area contributed by atoms with Crippen LogP contribution in [0.3, 0.4) is 0 Å². The number of nitrogens with zero attached hydrogens (tertiary/aromatic N) is 1. The Kier molecular flexibility index (Phi) is 3.47. The summed E-state index contributed by atoms with van der Waals surface area (Å²) in [6.07, 6.45) is 1.53. The molecule has 20 heavy (non-hydrogen) atoms. The molecule has 8 heteroatoms. The highest BCUT2D eigenvalue weighted by atomic mass is 16.6. The van der Waals surface area contributed by atoms with Crippen molar-refractivity contribution in [3.05, 3.63) is 57.9 Å². The maximum atomic E-state index is 11.8. The van der Waals surface area contributed by atoms with Gasteiger partial charge in [0.2, 0.25) is 0 Å². The number of carbonyl (C=O) groups is 2. The Morgan fingerprint density at radius 1 is 1.30 bits per heavy atom. The molecule has 0 saturated carbocycles. The minimum absolute atomic E-state index is 0.133. The third-order valence-electron chi connectivity index (χ3n) is 2.54. The summed E-state index contributed by atoms with van der Waals surface area (Å²) in [5.41, 5.74) is -0.452. The molecule has 0 bridgehead atoms. The number of aromatic nitrogens is 1. The van der Waals surface area contributed by atoms with E-state index in [0.29, 0.717) is 0 Å². The van der Waals surface area contributed by atoms with Crippen LogP contribution in [0.1, 0.15) is 20.8 Å². The monoisotopic (exact) mass is 275 g/mol. The molecule has 0 saturated heterocycles. The largest absolute Gasteiger partial charge is 0.478 e. The van der Waals surface area contributed by atoms with E-state index in [1.807, 2.05) is 0 Å². The first kappa shape index (κ1) is 13.3. The van der Waals surface area contributed by atoms with Gasteiger partial charge in [-0.05, 0) is 18.2 Å². The fraction of sp³-hybridized carbons (Fsp3) is 0. The second-order valence-corrected chi connectivity index (χ2v) is 3.83. The number of carboxylic acid groups (broad SMARTS) is 1. The van der Waals surface area contributed by atoms with E-state index >= 15 is 0 Å². The summed E-state index contributed by atoms with van der Waals surface area (Å²) in [5, 5.41) is 22.0. The quantitative estimate of drug-likeness (QED) is 0.580. The van der Waals surface area contributed by atoms with Crippen molar-refractivity contribution in [1.82, 2.24) is 4.98 Å². The van der Waals surface area contributed by atoms with Gasteiger partial charge in [-0.25, -0.2) is 4.79 Å². The number of nitro benzene ring substituents is 1. The molecule has 8 nitrogen and oxygen atoms in total. The molecule has 2 rings (SSSR count). The van der Waals surface area contributed by atoms with Crippen LogP contribution in [0.2, 0.25) is 0 Å². The van der Waals surface area contributed by atoms with E-state index in [1.54, 1.807) is 6.07 Å². The summed E-state index contributed by atoms with van der Waals surface area (Å²) >= 11 is 0. The first-order chi connectivity index (χ1) is 9.49. The van der Waals surface area contributed by atoms with E-state index in [4.69, 9.17) is 5.11 Å². The number of carboxylic acids is 1. The summed E-state index contributed by atoms with van der Waals surface area (Å²) in [6.45, 7) is 0. The van der Waals surface area contributed by atoms with Gasteiger partial charge in [0.1, 0.15) is 5.69 Å². The summed E-state index contributed by atoms with van der Waals surface area (Å²) in [5.74, 6) is -1.88. The first-order valence-electron chi connectivity index (χ1n) is 5.45. The summed E-state index contributed by atoms with van der Waals surface area (Å²) in [4.78, 5) is 35.5. The molecule has 1 heterocycles. The molecule has 0 unspecified atom stereocenters. The zero-order valence-corrected chi connectivity index (χ0v) is 9.99. The molecule has 2 aromatic rings. The number of nitro groups is 1.